The van der Waals surface area contributed by atoms with E-state index in [0.29, 0.717) is 10.6 Å². The van der Waals surface area contributed by atoms with Gasteiger partial charge < -0.3 is 11.1 Å². The van der Waals surface area contributed by atoms with Crippen molar-refractivity contribution in [2.75, 3.05) is 5.73 Å². The summed E-state index contributed by atoms with van der Waals surface area (Å²) in [5.74, 6) is -0.0841. The molecule has 2 rings (SSSR count). The van der Waals surface area contributed by atoms with E-state index in [2.05, 4.69) is 21.2 Å². The first-order valence-electron chi connectivity index (χ1n) is 5.81. The third kappa shape index (κ3) is 2.52. The summed E-state index contributed by atoms with van der Waals surface area (Å²) >= 11 is 4.85. The number of nitrogen functional groups attached to an aromatic ring is 1. The topological polar surface area (TPSA) is 55.1 Å². The number of carbonyl (C=O) groups excluding carboxylic acids is 1. The van der Waals surface area contributed by atoms with E-state index in [9.17, 15) is 4.79 Å². The molecule has 18 heavy (non-hydrogen) atoms. The molecule has 0 aliphatic rings. The zero-order valence-corrected chi connectivity index (χ0v) is 12.7. The van der Waals surface area contributed by atoms with Gasteiger partial charge in [0.05, 0.1) is 5.69 Å². The second-order valence-electron chi connectivity index (χ2n) is 4.27. The summed E-state index contributed by atoms with van der Waals surface area (Å²) in [5, 5.41) is 3.88. The van der Waals surface area contributed by atoms with E-state index in [1.165, 1.54) is 11.3 Å². The molecule has 0 saturated carbocycles. The first-order chi connectivity index (χ1) is 8.52. The molecule has 1 aromatic heterocycles. The molecular formula is C13H15BrN2OS. The van der Waals surface area contributed by atoms with E-state index < -0.39 is 0 Å². The summed E-state index contributed by atoms with van der Waals surface area (Å²) in [6.45, 7) is 4.02. The predicted molar refractivity (Wildman–Crippen MR) is 81.2 cm³/mol. The molecule has 0 bridgehead atoms. The van der Waals surface area contributed by atoms with Crippen LogP contribution in [0, 0.1) is 0 Å². The van der Waals surface area contributed by atoms with Gasteiger partial charge in [-0.25, -0.2) is 0 Å². The van der Waals surface area contributed by atoms with Crippen LogP contribution in [0.2, 0.25) is 0 Å². The van der Waals surface area contributed by atoms with Crippen molar-refractivity contribution in [2.24, 2.45) is 0 Å². The first-order valence-corrected chi connectivity index (χ1v) is 7.42. The Morgan fingerprint density at radius 2 is 2.28 bits per heavy atom. The van der Waals surface area contributed by atoms with Crippen LogP contribution >= 0.6 is 27.3 Å². The lowest BCUT2D eigenvalue weighted by atomic mass is 10.2. The average Bonchev–Trinajstić information content (AvgIpc) is 2.66. The Balaban J connectivity index is 2.40. The van der Waals surface area contributed by atoms with Gasteiger partial charge in [-0.1, -0.05) is 22.9 Å². The second kappa shape index (κ2) is 5.28. The molecule has 0 spiro atoms. The zero-order valence-electron chi connectivity index (χ0n) is 10.3. The van der Waals surface area contributed by atoms with Crippen LogP contribution in [0.25, 0.3) is 10.1 Å². The van der Waals surface area contributed by atoms with E-state index in [-0.39, 0.29) is 11.9 Å². The number of carbonyl (C=O) groups is 1. The zero-order chi connectivity index (χ0) is 13.3. The third-order valence-corrected chi connectivity index (χ3v) is 4.56. The van der Waals surface area contributed by atoms with Gasteiger partial charge in [-0.15, -0.1) is 11.3 Å². The van der Waals surface area contributed by atoms with Crippen molar-refractivity contribution >= 4 is 48.9 Å². The van der Waals surface area contributed by atoms with Gasteiger partial charge in [-0.2, -0.15) is 0 Å². The molecule has 3 nitrogen and oxygen atoms in total. The highest BCUT2D eigenvalue weighted by Gasteiger charge is 2.17. The lowest BCUT2D eigenvalue weighted by Crippen LogP contribution is -2.31. The molecule has 0 saturated heterocycles. The minimum Gasteiger partial charge on any atom is -0.397 e. The standard InChI is InChI=1S/C13H15BrN2OS/c1-3-7(2)16-13(17)12-11(15)9-6-8(14)4-5-10(9)18-12/h4-7H,3,15H2,1-2H3,(H,16,17). The molecular weight excluding hydrogens is 312 g/mol. The van der Waals surface area contributed by atoms with Crippen molar-refractivity contribution in [2.45, 2.75) is 26.3 Å². The van der Waals surface area contributed by atoms with Gasteiger partial charge in [0.25, 0.3) is 5.91 Å². The summed E-state index contributed by atoms with van der Waals surface area (Å²) in [6, 6.07) is 6.03. The van der Waals surface area contributed by atoms with Gasteiger partial charge in [0, 0.05) is 20.6 Å². The summed E-state index contributed by atoms with van der Waals surface area (Å²) in [5.41, 5.74) is 6.62. The lowest BCUT2D eigenvalue weighted by molar-refractivity contribution is 0.0944. The van der Waals surface area contributed by atoms with Crippen molar-refractivity contribution in [3.8, 4) is 0 Å². The third-order valence-electron chi connectivity index (χ3n) is 2.88. The lowest BCUT2D eigenvalue weighted by Gasteiger charge is -2.10. The SMILES string of the molecule is CCC(C)NC(=O)c1sc2ccc(Br)cc2c1N. The van der Waals surface area contributed by atoms with Crippen LogP contribution in [0.15, 0.2) is 22.7 Å². The Morgan fingerprint density at radius 1 is 1.56 bits per heavy atom. The fourth-order valence-electron chi connectivity index (χ4n) is 1.65. The molecule has 1 aromatic carbocycles. The number of amides is 1. The number of fused-ring (bicyclic) bond motifs is 1. The molecule has 1 unspecified atom stereocenters. The monoisotopic (exact) mass is 326 g/mol. The summed E-state index contributed by atoms with van der Waals surface area (Å²) in [7, 11) is 0. The van der Waals surface area contributed by atoms with Gasteiger partial charge in [-0.3, -0.25) is 4.79 Å². The van der Waals surface area contributed by atoms with E-state index in [4.69, 9.17) is 5.73 Å². The van der Waals surface area contributed by atoms with Gasteiger partial charge in [0.2, 0.25) is 0 Å². The molecule has 0 aliphatic heterocycles. The van der Waals surface area contributed by atoms with Crippen LogP contribution in [-0.4, -0.2) is 11.9 Å². The number of thiophene rings is 1. The predicted octanol–water partition coefficient (Wildman–Crippen LogP) is 3.77. The van der Waals surface area contributed by atoms with E-state index >= 15 is 0 Å². The fourth-order valence-corrected chi connectivity index (χ4v) is 3.02. The molecule has 0 aliphatic carbocycles. The first kappa shape index (κ1) is 13.4. The average molecular weight is 327 g/mol. The Labute approximate surface area is 118 Å². The molecule has 96 valence electrons. The second-order valence-corrected chi connectivity index (χ2v) is 6.24. The highest BCUT2D eigenvalue weighted by atomic mass is 79.9. The Hall–Kier alpha value is -1.07. The quantitative estimate of drug-likeness (QED) is 0.901. The number of anilines is 1. The maximum atomic E-state index is 12.1. The van der Waals surface area contributed by atoms with Gasteiger partial charge in [-0.05, 0) is 31.5 Å². The normalized spacial score (nSPS) is 12.6. The highest BCUT2D eigenvalue weighted by molar-refractivity contribution is 9.10. The Kier molecular flexibility index (Phi) is 3.92. The van der Waals surface area contributed by atoms with Crippen LogP contribution in [-0.2, 0) is 0 Å². The number of hydrogen-bond donors (Lipinski definition) is 2. The van der Waals surface area contributed by atoms with Crippen molar-refractivity contribution < 1.29 is 4.79 Å². The number of nitrogens with two attached hydrogens (primary N) is 1. The number of nitrogens with one attached hydrogen (secondary N) is 1. The van der Waals surface area contributed by atoms with Crippen LogP contribution in [0.4, 0.5) is 5.69 Å². The van der Waals surface area contributed by atoms with Crippen molar-refractivity contribution in [3.63, 3.8) is 0 Å². The molecule has 3 N–H and O–H groups in total. The van der Waals surface area contributed by atoms with E-state index in [1.54, 1.807) is 0 Å². The molecule has 1 amide bonds. The van der Waals surface area contributed by atoms with Gasteiger partial charge >= 0.3 is 0 Å². The van der Waals surface area contributed by atoms with Crippen molar-refractivity contribution in [1.82, 2.24) is 5.32 Å². The van der Waals surface area contributed by atoms with Crippen LogP contribution in [0.5, 0.6) is 0 Å². The van der Waals surface area contributed by atoms with Crippen LogP contribution in [0.1, 0.15) is 29.9 Å². The molecule has 5 heteroatoms. The molecule has 0 radical (unpaired) electrons. The molecule has 0 fully saturated rings. The molecule has 1 heterocycles. The maximum Gasteiger partial charge on any atom is 0.263 e. The molecule has 2 aromatic rings. The van der Waals surface area contributed by atoms with Crippen LogP contribution in [0.3, 0.4) is 0 Å². The summed E-state index contributed by atoms with van der Waals surface area (Å²) in [4.78, 5) is 12.7. The van der Waals surface area contributed by atoms with Gasteiger partial charge in [0.15, 0.2) is 0 Å². The number of halogens is 1. The number of rotatable bonds is 3. The minimum atomic E-state index is -0.0841. The maximum absolute atomic E-state index is 12.1. The number of hydrogen-bond acceptors (Lipinski definition) is 3. The summed E-state index contributed by atoms with van der Waals surface area (Å²) in [6.07, 6.45) is 0.905. The van der Waals surface area contributed by atoms with Crippen molar-refractivity contribution in [3.05, 3.63) is 27.5 Å². The summed E-state index contributed by atoms with van der Waals surface area (Å²) < 4.78 is 2.00. The Morgan fingerprint density at radius 3 is 2.94 bits per heavy atom. The van der Waals surface area contributed by atoms with Crippen LogP contribution < -0.4 is 11.1 Å². The smallest absolute Gasteiger partial charge is 0.263 e. The fraction of sp³-hybridized carbons (Fsp3) is 0.308. The Bertz CT molecular complexity index is 594. The van der Waals surface area contributed by atoms with E-state index in [0.717, 1.165) is 21.0 Å². The van der Waals surface area contributed by atoms with Gasteiger partial charge in [0.1, 0.15) is 4.88 Å². The molecule has 1 atom stereocenters. The highest BCUT2D eigenvalue weighted by Crippen LogP contribution is 2.35. The largest absolute Gasteiger partial charge is 0.397 e. The van der Waals surface area contributed by atoms with Crippen molar-refractivity contribution in [1.29, 1.82) is 0 Å². The minimum absolute atomic E-state index is 0.0841. The number of benzene rings is 1. The van der Waals surface area contributed by atoms with E-state index in [1.807, 2.05) is 32.0 Å².